The van der Waals surface area contributed by atoms with Gasteiger partial charge in [-0.2, -0.15) is 8.42 Å². The molecule has 1 aliphatic heterocycles. The van der Waals surface area contributed by atoms with Crippen LogP contribution in [0.5, 0.6) is 5.88 Å². The number of fused-ring (bicyclic) bond motifs is 1. The van der Waals surface area contributed by atoms with E-state index in [9.17, 15) is 13.2 Å². The van der Waals surface area contributed by atoms with Crippen molar-refractivity contribution in [3.8, 4) is 11.7 Å². The van der Waals surface area contributed by atoms with Gasteiger partial charge in [0.05, 0.1) is 12.2 Å². The predicted molar refractivity (Wildman–Crippen MR) is 170 cm³/mol. The van der Waals surface area contributed by atoms with Crippen molar-refractivity contribution >= 4 is 33.3 Å². The third-order valence-electron chi connectivity index (χ3n) is 9.97. The minimum absolute atomic E-state index is 0.0613. The van der Waals surface area contributed by atoms with Gasteiger partial charge in [0, 0.05) is 27.1 Å². The fourth-order valence-electron chi connectivity index (χ4n) is 7.39. The normalized spacial score (nSPS) is 23.0. The molecule has 4 fully saturated rings. The summed E-state index contributed by atoms with van der Waals surface area (Å²) in [6, 6.07) is 9.01. The van der Waals surface area contributed by atoms with Crippen molar-refractivity contribution in [1.82, 2.24) is 29.8 Å². The highest BCUT2D eigenvalue weighted by atomic mass is 35.5. The Labute approximate surface area is 271 Å². The summed E-state index contributed by atoms with van der Waals surface area (Å²) in [6.07, 6.45) is 7.76. The van der Waals surface area contributed by atoms with Gasteiger partial charge in [0.15, 0.2) is 10.8 Å². The Kier molecular flexibility index (Phi) is 7.00. The van der Waals surface area contributed by atoms with Gasteiger partial charge in [0.25, 0.3) is 15.9 Å². The van der Waals surface area contributed by atoms with Gasteiger partial charge in [-0.15, -0.1) is 5.10 Å². The van der Waals surface area contributed by atoms with Crippen LogP contribution in [0.3, 0.4) is 0 Å². The van der Waals surface area contributed by atoms with Gasteiger partial charge in [-0.1, -0.05) is 17.7 Å². The minimum Gasteiger partial charge on any atom is -0.477 e. The third-order valence-corrected chi connectivity index (χ3v) is 11.5. The van der Waals surface area contributed by atoms with Crippen molar-refractivity contribution in [3.63, 3.8) is 0 Å². The van der Waals surface area contributed by atoms with E-state index < -0.39 is 22.3 Å². The number of nitrogens with one attached hydrogen (secondary N) is 3. The molecule has 0 bridgehead atoms. The van der Waals surface area contributed by atoms with E-state index in [0.717, 1.165) is 51.5 Å². The van der Waals surface area contributed by atoms with E-state index in [4.69, 9.17) is 19.1 Å². The van der Waals surface area contributed by atoms with Crippen LogP contribution < -0.4 is 20.1 Å². The second-order valence-electron chi connectivity index (χ2n) is 13.5. The zero-order valence-corrected chi connectivity index (χ0v) is 27.0. The molecule has 3 saturated carbocycles. The zero-order chi connectivity index (χ0) is 33.2. The molecule has 2 spiro atoms. The summed E-state index contributed by atoms with van der Waals surface area (Å²) in [5, 5.41) is 10.5. The second-order valence-corrected chi connectivity index (χ2v) is 15.5. The molecule has 45 heavy (non-hydrogen) atoms. The molecule has 1 amide bonds. The maximum Gasteiger partial charge on any atom is 0.281 e. The zero-order valence-electron chi connectivity index (χ0n) is 27.5. The standard InChI is InChI=1S/C32H40ClN7O4S/c1-30(2)19-21(20-35-30)5-4-16-34-24-6-3-7-27(36-24)45(42,43)39-29(41)22-8-9-25(37-28(22)33)40-17-10-26(38-40)44-18-11-23-31(12-13-31)32(23)14-15-32/h3,6-10,17,21,23,35H,4-5,11-16,18-20H2,1-2H3,(H,34,36)(H,39,41)/t21-/m0/s1/i11D2. The van der Waals surface area contributed by atoms with Gasteiger partial charge in [0.2, 0.25) is 5.88 Å². The number of carbonyl (C=O) groups is 1. The molecule has 7 rings (SSSR count). The van der Waals surface area contributed by atoms with E-state index in [2.05, 4.69) is 39.5 Å². The number of amides is 1. The first kappa shape index (κ1) is 28.0. The van der Waals surface area contributed by atoms with Crippen LogP contribution in [-0.4, -0.2) is 59.3 Å². The number of hydrogen-bond acceptors (Lipinski definition) is 9. The first-order valence-electron chi connectivity index (χ1n) is 16.6. The summed E-state index contributed by atoms with van der Waals surface area (Å²) in [7, 11) is -4.30. The van der Waals surface area contributed by atoms with Crippen LogP contribution in [0, 0.1) is 22.7 Å². The number of rotatable bonds is 13. The van der Waals surface area contributed by atoms with Crippen molar-refractivity contribution in [2.45, 2.75) is 75.7 Å². The summed E-state index contributed by atoms with van der Waals surface area (Å²) in [5.41, 5.74) is 0.468. The lowest BCUT2D eigenvalue weighted by molar-refractivity contribution is 0.0981. The summed E-state index contributed by atoms with van der Waals surface area (Å²) >= 11 is 6.32. The second kappa shape index (κ2) is 11.2. The van der Waals surface area contributed by atoms with Crippen LogP contribution >= 0.6 is 11.6 Å². The van der Waals surface area contributed by atoms with Crippen LogP contribution in [0.2, 0.25) is 5.15 Å². The molecule has 1 atom stereocenters. The number of pyridine rings is 2. The molecule has 0 radical (unpaired) electrons. The van der Waals surface area contributed by atoms with E-state index in [1.54, 1.807) is 24.4 Å². The fourth-order valence-corrected chi connectivity index (χ4v) is 8.56. The number of anilines is 1. The molecule has 3 aromatic heterocycles. The Morgan fingerprint density at radius 1 is 1.16 bits per heavy atom. The first-order chi connectivity index (χ1) is 22.2. The van der Waals surface area contributed by atoms with Crippen molar-refractivity contribution in [3.05, 3.63) is 53.3 Å². The van der Waals surface area contributed by atoms with Crippen molar-refractivity contribution < 1.29 is 20.7 Å². The molecular formula is C32H40ClN7O4S. The fraction of sp³-hybridized carbons (Fsp3) is 0.562. The summed E-state index contributed by atoms with van der Waals surface area (Å²) < 4.78 is 52.5. The SMILES string of the molecule is [2H]C([2H])(COc1ccn(-c2ccc(C(=O)NS(=O)(=O)c3cccc(NCCC[C@@H]4CNC(C)(C)C4)n3)c(Cl)n2)n1)C1C2(CC2)C12CC2. The molecule has 240 valence electrons. The third kappa shape index (κ3) is 6.04. The largest absolute Gasteiger partial charge is 0.477 e. The predicted octanol–water partition coefficient (Wildman–Crippen LogP) is 4.97. The van der Waals surface area contributed by atoms with Gasteiger partial charge >= 0.3 is 0 Å². The Bertz CT molecular complexity index is 1790. The quantitative estimate of drug-likeness (QED) is 0.172. The van der Waals surface area contributed by atoms with Crippen molar-refractivity contribution in [1.29, 1.82) is 0 Å². The summed E-state index contributed by atoms with van der Waals surface area (Å²) in [5.74, 6) is 0.649. The van der Waals surface area contributed by atoms with E-state index in [-0.39, 0.29) is 56.3 Å². The first-order valence-corrected chi connectivity index (χ1v) is 17.5. The number of aromatic nitrogens is 4. The lowest BCUT2D eigenvalue weighted by Crippen LogP contribution is -2.31. The maximum absolute atomic E-state index is 13.0. The Morgan fingerprint density at radius 3 is 2.62 bits per heavy atom. The molecular weight excluding hydrogens is 614 g/mol. The molecule has 13 heteroatoms. The molecule has 0 aromatic carbocycles. The highest BCUT2D eigenvalue weighted by Gasteiger charge is 2.85. The highest BCUT2D eigenvalue weighted by molar-refractivity contribution is 7.90. The van der Waals surface area contributed by atoms with Gasteiger partial charge < -0.3 is 15.4 Å². The minimum atomic E-state index is -4.30. The number of hydrogen-bond donors (Lipinski definition) is 3. The van der Waals surface area contributed by atoms with Crippen molar-refractivity contribution in [2.24, 2.45) is 22.7 Å². The van der Waals surface area contributed by atoms with Gasteiger partial charge in [-0.3, -0.25) is 4.79 Å². The Balaban J connectivity index is 0.928. The van der Waals surface area contributed by atoms with Crippen LogP contribution in [0.1, 0.15) is 78.3 Å². The smallest absolute Gasteiger partial charge is 0.281 e. The molecule has 0 unspecified atom stereocenters. The summed E-state index contributed by atoms with van der Waals surface area (Å²) in [6.45, 7) is 5.98. The average molecular weight is 656 g/mol. The Hall–Kier alpha value is -3.22. The molecule has 4 heterocycles. The van der Waals surface area contributed by atoms with E-state index >= 15 is 0 Å². The summed E-state index contributed by atoms with van der Waals surface area (Å²) in [4.78, 5) is 21.4. The number of sulfonamides is 1. The van der Waals surface area contributed by atoms with Crippen LogP contribution in [0.25, 0.3) is 5.82 Å². The number of ether oxygens (including phenoxy) is 1. The lowest BCUT2D eigenvalue weighted by atomic mass is 9.94. The number of nitrogens with zero attached hydrogens (tertiary/aromatic N) is 4. The molecule has 3 aromatic rings. The maximum atomic E-state index is 13.0. The highest BCUT2D eigenvalue weighted by Crippen LogP contribution is 2.93. The van der Waals surface area contributed by atoms with Gasteiger partial charge in [-0.05, 0) is 119 Å². The van der Waals surface area contributed by atoms with Crippen molar-refractivity contribution in [2.75, 3.05) is 25.0 Å². The Morgan fingerprint density at radius 2 is 1.93 bits per heavy atom. The lowest BCUT2D eigenvalue weighted by Gasteiger charge is -2.17. The van der Waals surface area contributed by atoms with Crippen LogP contribution in [-0.2, 0) is 10.0 Å². The molecule has 3 N–H and O–H groups in total. The molecule has 3 aliphatic carbocycles. The average Bonchev–Trinajstić information content (AvgIpc) is 3.97. The van der Waals surface area contributed by atoms with Crippen LogP contribution in [0.15, 0.2) is 47.6 Å². The molecule has 4 aliphatic rings. The van der Waals surface area contributed by atoms with E-state index in [1.807, 2.05) is 4.72 Å². The number of carbonyl (C=O) groups excluding carboxylic acids is 1. The van der Waals surface area contributed by atoms with E-state index in [0.29, 0.717) is 18.3 Å². The van der Waals surface area contributed by atoms with E-state index in [1.165, 1.54) is 22.9 Å². The monoisotopic (exact) mass is 655 g/mol. The number of halogens is 1. The topological polar surface area (TPSA) is 140 Å². The van der Waals surface area contributed by atoms with Gasteiger partial charge in [-0.25, -0.2) is 19.4 Å². The van der Waals surface area contributed by atoms with Gasteiger partial charge in [0.1, 0.15) is 11.0 Å². The molecule has 11 nitrogen and oxygen atoms in total. The van der Waals surface area contributed by atoms with Crippen LogP contribution in [0.4, 0.5) is 5.82 Å². The molecule has 1 saturated heterocycles.